The molecule has 0 amide bonds. The summed E-state index contributed by atoms with van der Waals surface area (Å²) in [5, 5.41) is 23.0. The molecule has 0 aromatic heterocycles. The molecule has 1 fully saturated rings. The first kappa shape index (κ1) is 26.5. The van der Waals surface area contributed by atoms with E-state index in [4.69, 9.17) is 18.9 Å². The van der Waals surface area contributed by atoms with Crippen LogP contribution in [0.1, 0.15) is 35.1 Å². The van der Waals surface area contributed by atoms with Gasteiger partial charge in [-0.15, -0.1) is 0 Å². The molecule has 1 aliphatic carbocycles. The second kappa shape index (κ2) is 11.4. The molecular formula is C31H32N2O6. The maximum Gasteiger partial charge on any atom is 0.329 e. The summed E-state index contributed by atoms with van der Waals surface area (Å²) >= 11 is 0. The fourth-order valence-electron chi connectivity index (χ4n) is 5.48. The largest absolute Gasteiger partial charge is 0.495 e. The predicted octanol–water partition coefficient (Wildman–Crippen LogP) is 4.97. The van der Waals surface area contributed by atoms with Gasteiger partial charge in [-0.2, -0.15) is 5.26 Å². The third kappa shape index (κ3) is 5.42. The van der Waals surface area contributed by atoms with E-state index in [9.17, 15) is 15.2 Å². The average molecular weight is 529 g/mol. The fraction of sp³-hybridized carbons (Fsp3) is 0.355. The van der Waals surface area contributed by atoms with Crippen molar-refractivity contribution in [3.8, 4) is 28.7 Å². The summed E-state index contributed by atoms with van der Waals surface area (Å²) in [5.74, 6) is -0.0589. The van der Waals surface area contributed by atoms with E-state index in [1.165, 1.54) is 25.3 Å². The Labute approximate surface area is 228 Å². The molecule has 0 unspecified atom stereocenters. The third-order valence-electron chi connectivity index (χ3n) is 7.66. The first-order chi connectivity index (χ1) is 19.0. The van der Waals surface area contributed by atoms with Crippen molar-refractivity contribution in [1.82, 2.24) is 0 Å². The zero-order chi connectivity index (χ0) is 27.4. The van der Waals surface area contributed by atoms with E-state index in [2.05, 4.69) is 35.7 Å². The molecule has 3 aromatic carbocycles. The number of methoxy groups -OCH3 is 2. The molecular weight excluding hydrogens is 496 g/mol. The fourth-order valence-corrected chi connectivity index (χ4v) is 5.48. The Hall–Kier alpha value is -4.06. The van der Waals surface area contributed by atoms with E-state index in [1.807, 2.05) is 30.3 Å². The molecule has 202 valence electrons. The molecule has 39 heavy (non-hydrogen) atoms. The topological polar surface area (TPSA) is 110 Å². The number of nitrogens with zero attached hydrogens (tertiary/aromatic N) is 1. The number of anilines is 1. The minimum atomic E-state index is -1.09. The number of hydrogen-bond donors (Lipinski definition) is 2. The van der Waals surface area contributed by atoms with Crippen molar-refractivity contribution in [2.45, 2.75) is 43.9 Å². The third-order valence-corrected chi connectivity index (χ3v) is 7.66. The summed E-state index contributed by atoms with van der Waals surface area (Å²) in [5.41, 5.74) is 5.12. The van der Waals surface area contributed by atoms with Gasteiger partial charge in [0, 0.05) is 31.7 Å². The molecule has 1 heterocycles. The Morgan fingerprint density at radius 3 is 2.26 bits per heavy atom. The SMILES string of the molecule is COc1cc(-c2ccc(NC3(C(=O)O)CCOCC3)cc2COC2Cc3ccccc3C2)cc(OC)c1C#N. The lowest BCUT2D eigenvalue weighted by molar-refractivity contribution is -0.145. The highest BCUT2D eigenvalue weighted by Gasteiger charge is 2.40. The van der Waals surface area contributed by atoms with E-state index in [-0.39, 0.29) is 6.10 Å². The molecule has 8 nitrogen and oxygen atoms in total. The second-order valence-electron chi connectivity index (χ2n) is 9.97. The van der Waals surface area contributed by atoms with Crippen LogP contribution in [-0.4, -0.2) is 50.2 Å². The highest BCUT2D eigenvalue weighted by molar-refractivity contribution is 5.83. The van der Waals surface area contributed by atoms with Crippen LogP contribution in [-0.2, 0) is 33.7 Å². The van der Waals surface area contributed by atoms with Gasteiger partial charge in [-0.25, -0.2) is 4.79 Å². The number of hydrogen-bond acceptors (Lipinski definition) is 7. The number of carbonyl (C=O) groups is 1. The molecule has 1 aliphatic heterocycles. The number of ether oxygens (including phenoxy) is 4. The summed E-state index contributed by atoms with van der Waals surface area (Å²) in [4.78, 5) is 12.3. The van der Waals surface area contributed by atoms with Crippen molar-refractivity contribution in [3.05, 3.63) is 76.9 Å². The summed E-state index contributed by atoms with van der Waals surface area (Å²) < 4.78 is 22.9. The number of rotatable bonds is 9. The van der Waals surface area contributed by atoms with Crippen LogP contribution < -0.4 is 14.8 Å². The van der Waals surface area contributed by atoms with Gasteiger partial charge in [0.2, 0.25) is 0 Å². The predicted molar refractivity (Wildman–Crippen MR) is 146 cm³/mol. The van der Waals surface area contributed by atoms with Crippen molar-refractivity contribution >= 4 is 11.7 Å². The van der Waals surface area contributed by atoms with Crippen LogP contribution in [0.5, 0.6) is 11.5 Å². The van der Waals surface area contributed by atoms with Crippen molar-refractivity contribution in [2.24, 2.45) is 0 Å². The van der Waals surface area contributed by atoms with Crippen LogP contribution in [0.4, 0.5) is 5.69 Å². The first-order valence-electron chi connectivity index (χ1n) is 13.0. The molecule has 5 rings (SSSR count). The number of nitrogens with one attached hydrogen (secondary N) is 1. The van der Waals surface area contributed by atoms with Gasteiger partial charge in [0.25, 0.3) is 0 Å². The molecule has 3 aromatic rings. The summed E-state index contributed by atoms with van der Waals surface area (Å²) in [6, 6.07) is 19.9. The van der Waals surface area contributed by atoms with Crippen molar-refractivity contribution in [2.75, 3.05) is 32.8 Å². The smallest absolute Gasteiger partial charge is 0.329 e. The van der Waals surface area contributed by atoms with Crippen LogP contribution in [0.2, 0.25) is 0 Å². The maximum absolute atomic E-state index is 12.3. The Bertz CT molecular complexity index is 1360. The highest BCUT2D eigenvalue weighted by Crippen LogP contribution is 2.38. The maximum atomic E-state index is 12.3. The molecule has 0 bridgehead atoms. The minimum Gasteiger partial charge on any atom is -0.495 e. The lowest BCUT2D eigenvalue weighted by Crippen LogP contribution is -2.50. The Kier molecular flexibility index (Phi) is 7.73. The van der Waals surface area contributed by atoms with Crippen LogP contribution in [0.15, 0.2) is 54.6 Å². The van der Waals surface area contributed by atoms with Gasteiger partial charge in [0.1, 0.15) is 28.7 Å². The molecule has 2 N–H and O–H groups in total. The van der Waals surface area contributed by atoms with E-state index in [0.717, 1.165) is 29.5 Å². The standard InChI is InChI=1S/C31H32N2O6/c1-36-28-16-22(17-29(37-2)27(28)18-32)26-8-7-24(33-31(30(34)35)9-11-38-12-10-31)13-23(26)19-39-25-14-20-5-3-4-6-21(20)15-25/h3-8,13,16-17,25,33H,9-12,14-15,19H2,1-2H3,(H,34,35). The van der Waals surface area contributed by atoms with E-state index < -0.39 is 11.5 Å². The van der Waals surface area contributed by atoms with Crippen molar-refractivity contribution in [3.63, 3.8) is 0 Å². The summed E-state index contributed by atoms with van der Waals surface area (Å²) in [7, 11) is 3.04. The lowest BCUT2D eigenvalue weighted by atomic mass is 9.89. The number of carboxylic acids is 1. The molecule has 8 heteroatoms. The number of fused-ring (bicyclic) bond motifs is 1. The van der Waals surface area contributed by atoms with Crippen molar-refractivity contribution in [1.29, 1.82) is 5.26 Å². The van der Waals surface area contributed by atoms with Crippen LogP contribution >= 0.6 is 0 Å². The quantitative estimate of drug-likeness (QED) is 0.401. The highest BCUT2D eigenvalue weighted by atomic mass is 16.5. The molecule has 1 saturated heterocycles. The normalized spacial score (nSPS) is 16.2. The Morgan fingerprint density at radius 1 is 1.05 bits per heavy atom. The van der Waals surface area contributed by atoms with E-state index >= 15 is 0 Å². The minimum absolute atomic E-state index is 0.0535. The van der Waals surface area contributed by atoms with Crippen LogP contribution in [0.25, 0.3) is 11.1 Å². The van der Waals surface area contributed by atoms with Crippen LogP contribution in [0, 0.1) is 11.3 Å². The van der Waals surface area contributed by atoms with E-state index in [0.29, 0.717) is 55.4 Å². The molecule has 0 radical (unpaired) electrons. The first-order valence-corrected chi connectivity index (χ1v) is 13.0. The molecule has 2 aliphatic rings. The van der Waals surface area contributed by atoms with Gasteiger partial charge in [0.15, 0.2) is 0 Å². The zero-order valence-electron chi connectivity index (χ0n) is 22.2. The lowest BCUT2D eigenvalue weighted by Gasteiger charge is -2.35. The summed E-state index contributed by atoms with van der Waals surface area (Å²) in [6.45, 7) is 1.11. The molecule has 0 saturated carbocycles. The van der Waals surface area contributed by atoms with Gasteiger partial charge in [-0.1, -0.05) is 30.3 Å². The number of nitriles is 1. The number of aliphatic carboxylic acids is 1. The van der Waals surface area contributed by atoms with Gasteiger partial charge in [0.05, 0.1) is 26.9 Å². The summed E-state index contributed by atoms with van der Waals surface area (Å²) in [6.07, 6.45) is 2.51. The van der Waals surface area contributed by atoms with Crippen molar-refractivity contribution < 1.29 is 28.8 Å². The van der Waals surface area contributed by atoms with Crippen LogP contribution in [0.3, 0.4) is 0 Å². The second-order valence-corrected chi connectivity index (χ2v) is 9.97. The van der Waals surface area contributed by atoms with Gasteiger partial charge in [-0.3, -0.25) is 0 Å². The number of carboxylic acid groups (broad SMARTS) is 1. The van der Waals surface area contributed by atoms with Gasteiger partial charge < -0.3 is 29.4 Å². The molecule has 0 spiro atoms. The van der Waals surface area contributed by atoms with E-state index in [1.54, 1.807) is 0 Å². The Morgan fingerprint density at radius 2 is 1.69 bits per heavy atom. The van der Waals surface area contributed by atoms with Gasteiger partial charge >= 0.3 is 5.97 Å². The Balaban J connectivity index is 1.49. The zero-order valence-corrected chi connectivity index (χ0v) is 22.2. The van der Waals surface area contributed by atoms with Gasteiger partial charge in [-0.05, 0) is 64.9 Å². The number of benzene rings is 3. The molecule has 0 atom stereocenters. The average Bonchev–Trinajstić information content (AvgIpc) is 3.39. The monoisotopic (exact) mass is 528 g/mol.